The van der Waals surface area contributed by atoms with Gasteiger partial charge in [-0.05, 0) is 48.3 Å². The quantitative estimate of drug-likeness (QED) is 0.510. The molecule has 0 bridgehead atoms. The number of hydrogen-bond donors (Lipinski definition) is 0. The highest BCUT2D eigenvalue weighted by atomic mass is 32.2. The molecule has 0 aliphatic rings. The third-order valence-corrected chi connectivity index (χ3v) is 11.5. The maximum Gasteiger partial charge on any atom is 0.416 e. The molecule has 1 rings (SSSR count). The topological polar surface area (TPSA) is 38.7 Å². The molecular weight excluding hydrogens is 391 g/mol. The van der Waals surface area contributed by atoms with E-state index in [4.69, 9.17) is 4.43 Å². The van der Waals surface area contributed by atoms with Crippen molar-refractivity contribution >= 4 is 18.0 Å². The number of hydrogen-bond acceptors (Lipinski definition) is 3. The van der Waals surface area contributed by atoms with Crippen molar-refractivity contribution in [3.8, 4) is 0 Å². The molecule has 1 aromatic carbocycles. The van der Waals surface area contributed by atoms with E-state index < -0.39 is 29.8 Å². The van der Waals surface area contributed by atoms with Crippen molar-refractivity contribution in [3.63, 3.8) is 0 Å². The monoisotopic (exact) mass is 423 g/mol. The summed E-state index contributed by atoms with van der Waals surface area (Å²) >= 11 is 0. The molecule has 0 heterocycles. The average molecular weight is 424 g/mol. The Hall–Kier alpha value is -0.863. The minimum atomic E-state index is -4.41. The summed E-state index contributed by atoms with van der Waals surface area (Å²) in [6.45, 7) is 15.0. The molecule has 1 aromatic rings. The van der Waals surface area contributed by atoms with Gasteiger partial charge in [-0.25, -0.2) is 8.57 Å². The Balaban J connectivity index is 3.11. The number of halogens is 3. The normalized spacial score (nSPS) is 16.9. The second-order valence-electron chi connectivity index (χ2n) is 8.81. The van der Waals surface area contributed by atoms with Gasteiger partial charge in [-0.1, -0.05) is 34.6 Å². The van der Waals surface area contributed by atoms with Crippen LogP contribution in [0.5, 0.6) is 0 Å². The maximum absolute atomic E-state index is 13.1. The summed E-state index contributed by atoms with van der Waals surface area (Å²) in [5.74, 6) is 0.102. The lowest BCUT2D eigenvalue weighted by Crippen LogP contribution is -2.43. The van der Waals surface area contributed by atoms with E-state index in [2.05, 4.69) is 38.2 Å². The van der Waals surface area contributed by atoms with Crippen molar-refractivity contribution in [1.82, 2.24) is 0 Å². The van der Waals surface area contributed by atoms with E-state index in [0.29, 0.717) is 11.5 Å². The summed E-state index contributed by atoms with van der Waals surface area (Å²) in [5.41, 5.74) is -0.761. The molecule has 8 heteroatoms. The lowest BCUT2D eigenvalue weighted by molar-refractivity contribution is -0.137. The van der Waals surface area contributed by atoms with Gasteiger partial charge < -0.3 is 4.43 Å². The van der Waals surface area contributed by atoms with E-state index in [9.17, 15) is 17.4 Å². The third-order valence-electron chi connectivity index (χ3n) is 5.15. The van der Waals surface area contributed by atoms with Crippen LogP contribution < -0.4 is 0 Å². The molecule has 0 N–H and O–H groups in total. The molecule has 0 aliphatic carbocycles. The third kappa shape index (κ3) is 6.60. The Kier molecular flexibility index (Phi) is 7.39. The predicted molar refractivity (Wildman–Crippen MR) is 108 cm³/mol. The minimum absolute atomic E-state index is 0.0512. The van der Waals surface area contributed by atoms with Crippen LogP contribution in [-0.2, 0) is 20.3 Å². The van der Waals surface area contributed by atoms with E-state index in [1.807, 2.05) is 13.8 Å². The molecule has 3 nitrogen and oxygen atoms in total. The van der Waals surface area contributed by atoms with Gasteiger partial charge in [0.05, 0.1) is 27.9 Å². The fourth-order valence-corrected chi connectivity index (χ4v) is 4.67. The molecule has 0 saturated carbocycles. The van der Waals surface area contributed by atoms with Gasteiger partial charge in [0.1, 0.15) is 0 Å². The van der Waals surface area contributed by atoms with Gasteiger partial charge >= 0.3 is 6.18 Å². The van der Waals surface area contributed by atoms with Crippen molar-refractivity contribution in [2.75, 3.05) is 12.9 Å². The first-order valence-corrected chi connectivity index (χ1v) is 13.8. The molecule has 0 radical (unpaired) electrons. The summed E-state index contributed by atoms with van der Waals surface area (Å²) in [5, 5.41) is 0.0512. The SMILES string of the molecule is CC(C)[C@H](CO[Si](C)(C)C(C)(C)C)N=[S@](C)(=O)c1ccc(C(F)(F)F)cc1. The van der Waals surface area contributed by atoms with Gasteiger partial charge in [0, 0.05) is 11.2 Å². The summed E-state index contributed by atoms with van der Waals surface area (Å²) in [6.07, 6.45) is -2.95. The standard InChI is InChI=1S/C19H32F3NO2SSi/c1-14(2)17(13-25-27(7,8)18(3,4)5)23-26(6,24)16-11-9-15(10-12-16)19(20,21)22/h9-12,14,17H,13H2,1-8H3/t17-,26+/m0/s1. The van der Waals surface area contributed by atoms with Crippen molar-refractivity contribution in [2.24, 2.45) is 10.3 Å². The number of rotatable bonds is 6. The van der Waals surface area contributed by atoms with E-state index in [0.717, 1.165) is 12.1 Å². The smallest absolute Gasteiger partial charge is 0.415 e. The Morgan fingerprint density at radius 1 is 1.11 bits per heavy atom. The molecule has 0 fully saturated rings. The van der Waals surface area contributed by atoms with Crippen LogP contribution >= 0.6 is 0 Å². The zero-order valence-corrected chi connectivity index (χ0v) is 19.3. The van der Waals surface area contributed by atoms with Crippen molar-refractivity contribution in [3.05, 3.63) is 29.8 Å². The molecule has 0 amide bonds. The first-order chi connectivity index (χ1) is 12.0. The zero-order valence-electron chi connectivity index (χ0n) is 17.5. The summed E-state index contributed by atoms with van der Waals surface area (Å²) in [4.78, 5) is 0.300. The average Bonchev–Trinajstić information content (AvgIpc) is 2.49. The van der Waals surface area contributed by atoms with Crippen molar-refractivity contribution in [2.45, 2.75) is 69.9 Å². The van der Waals surface area contributed by atoms with Crippen molar-refractivity contribution in [1.29, 1.82) is 0 Å². The van der Waals surface area contributed by atoms with Crippen LogP contribution in [-0.4, -0.2) is 31.4 Å². The largest absolute Gasteiger partial charge is 0.416 e. The first kappa shape index (κ1) is 24.2. The van der Waals surface area contributed by atoms with Crippen LogP contribution in [0.3, 0.4) is 0 Å². The van der Waals surface area contributed by atoms with Gasteiger partial charge in [-0.15, -0.1) is 0 Å². The number of benzene rings is 1. The van der Waals surface area contributed by atoms with Crippen LogP contribution in [0.4, 0.5) is 13.2 Å². The van der Waals surface area contributed by atoms with Crippen LogP contribution in [0.1, 0.15) is 40.2 Å². The van der Waals surface area contributed by atoms with E-state index in [1.54, 1.807) is 0 Å². The van der Waals surface area contributed by atoms with Crippen LogP contribution in [0.15, 0.2) is 33.5 Å². The van der Waals surface area contributed by atoms with Gasteiger partial charge in [0.2, 0.25) is 0 Å². The van der Waals surface area contributed by atoms with Gasteiger partial charge in [0.15, 0.2) is 8.32 Å². The second kappa shape index (κ2) is 8.25. The lowest BCUT2D eigenvalue weighted by Gasteiger charge is -2.37. The molecular formula is C19H32F3NO2SSi. The summed E-state index contributed by atoms with van der Waals surface area (Å²) in [6, 6.07) is 4.11. The summed E-state index contributed by atoms with van der Waals surface area (Å²) in [7, 11) is -4.80. The maximum atomic E-state index is 13.1. The molecule has 0 unspecified atom stereocenters. The van der Waals surface area contributed by atoms with Gasteiger partial charge in [-0.3, -0.25) is 0 Å². The fourth-order valence-electron chi connectivity index (χ4n) is 2.07. The predicted octanol–water partition coefficient (Wildman–Crippen LogP) is 6.21. The highest BCUT2D eigenvalue weighted by molar-refractivity contribution is 7.93. The molecule has 0 aromatic heterocycles. The van der Waals surface area contributed by atoms with E-state index in [1.165, 1.54) is 18.4 Å². The molecule has 156 valence electrons. The van der Waals surface area contributed by atoms with Crippen LogP contribution in [0.2, 0.25) is 18.1 Å². The Bertz CT molecular complexity index is 744. The number of alkyl halides is 3. The Morgan fingerprint density at radius 3 is 1.96 bits per heavy atom. The van der Waals surface area contributed by atoms with Crippen molar-refractivity contribution < 1.29 is 21.8 Å². The molecule has 0 saturated heterocycles. The Morgan fingerprint density at radius 2 is 1.59 bits per heavy atom. The minimum Gasteiger partial charge on any atom is -0.415 e. The van der Waals surface area contributed by atoms with Crippen LogP contribution in [0.25, 0.3) is 0 Å². The zero-order chi connectivity index (χ0) is 21.3. The fraction of sp³-hybridized carbons (Fsp3) is 0.684. The highest BCUT2D eigenvalue weighted by Crippen LogP contribution is 2.37. The highest BCUT2D eigenvalue weighted by Gasteiger charge is 2.38. The van der Waals surface area contributed by atoms with E-state index >= 15 is 0 Å². The summed E-state index contributed by atoms with van der Waals surface area (Å²) < 4.78 is 62.0. The van der Waals surface area contributed by atoms with E-state index in [-0.39, 0.29) is 17.0 Å². The van der Waals surface area contributed by atoms with Gasteiger partial charge in [-0.2, -0.15) is 13.2 Å². The molecule has 0 aliphatic heterocycles. The molecule has 2 atom stereocenters. The number of nitrogens with zero attached hydrogens (tertiary/aromatic N) is 1. The lowest BCUT2D eigenvalue weighted by atomic mass is 10.1. The Labute approximate surface area is 163 Å². The molecule has 27 heavy (non-hydrogen) atoms. The second-order valence-corrected chi connectivity index (χ2v) is 15.9. The van der Waals surface area contributed by atoms with Gasteiger partial charge in [0.25, 0.3) is 0 Å². The first-order valence-electron chi connectivity index (χ1n) is 9.00. The molecule has 0 spiro atoms. The van der Waals surface area contributed by atoms with Crippen LogP contribution in [0, 0.1) is 5.92 Å².